The number of carbonyl (C=O) groups excluding carboxylic acids is 1. The average Bonchev–Trinajstić information content (AvgIpc) is 3.46. The van der Waals surface area contributed by atoms with Gasteiger partial charge in [0, 0.05) is 49.3 Å². The molecule has 0 radical (unpaired) electrons. The molecule has 3 atom stereocenters. The lowest BCUT2D eigenvalue weighted by atomic mass is 10.2. The first kappa shape index (κ1) is 45.3. The summed E-state index contributed by atoms with van der Waals surface area (Å²) in [5.41, 5.74) is -0.349. The molecule has 296 valence electrons. The SMILES string of the molecule is CC/C=C\C/C=C\C/C=C\C/C=C\C/C=C\CCCC(=O)NCCSSCCNP(OCC1CC(F)(F)C(n2ccc(C)nc2=O)O1)Oc1ccccc1. The summed E-state index contributed by atoms with van der Waals surface area (Å²) < 4.78 is 48.0. The minimum Gasteiger partial charge on any atom is -0.436 e. The van der Waals surface area contributed by atoms with Gasteiger partial charge in [-0.15, -0.1) is 0 Å². The summed E-state index contributed by atoms with van der Waals surface area (Å²) in [4.78, 5) is 28.2. The van der Waals surface area contributed by atoms with E-state index in [1.165, 1.54) is 12.3 Å². The maximum absolute atomic E-state index is 14.9. The Balaban J connectivity index is 1.23. The Labute approximate surface area is 328 Å². The summed E-state index contributed by atoms with van der Waals surface area (Å²) in [6, 6.07) is 10.6. The molecule has 9 nitrogen and oxygen atoms in total. The number of para-hydroxylation sites is 1. The van der Waals surface area contributed by atoms with Crippen LogP contribution in [0.2, 0.25) is 0 Å². The third-order valence-electron chi connectivity index (χ3n) is 7.66. The highest BCUT2D eigenvalue weighted by molar-refractivity contribution is 8.76. The van der Waals surface area contributed by atoms with Crippen LogP contribution in [0.5, 0.6) is 5.75 Å². The number of benzene rings is 1. The van der Waals surface area contributed by atoms with E-state index in [1.54, 1.807) is 40.6 Å². The molecule has 1 aromatic carbocycles. The second kappa shape index (κ2) is 27.5. The van der Waals surface area contributed by atoms with Crippen LogP contribution in [0.15, 0.2) is 108 Å². The Hall–Kier alpha value is -3.06. The van der Waals surface area contributed by atoms with Crippen molar-refractivity contribution in [3.05, 3.63) is 120 Å². The molecule has 1 aliphatic rings. The lowest BCUT2D eigenvalue weighted by Gasteiger charge is -2.21. The summed E-state index contributed by atoms with van der Waals surface area (Å²) in [6.07, 6.45) is 26.9. The lowest BCUT2D eigenvalue weighted by molar-refractivity contribution is -0.121. The Bertz CT molecular complexity index is 1560. The molecule has 1 fully saturated rings. The van der Waals surface area contributed by atoms with Crippen LogP contribution < -0.4 is 20.6 Å². The number of amides is 1. The molecule has 54 heavy (non-hydrogen) atoms. The molecule has 0 aliphatic carbocycles. The fraction of sp³-hybridized carbons (Fsp3) is 0.475. The number of alkyl halides is 2. The maximum atomic E-state index is 14.9. The number of ether oxygens (including phenoxy) is 1. The second-order valence-electron chi connectivity index (χ2n) is 12.3. The van der Waals surface area contributed by atoms with Gasteiger partial charge in [-0.25, -0.2) is 18.7 Å². The van der Waals surface area contributed by atoms with Crippen LogP contribution in [0.1, 0.15) is 76.6 Å². The third-order valence-corrected chi connectivity index (χ3v) is 11.3. The Morgan fingerprint density at radius 3 is 2.24 bits per heavy atom. The van der Waals surface area contributed by atoms with Gasteiger partial charge in [0.15, 0.2) is 0 Å². The van der Waals surface area contributed by atoms with Crippen molar-refractivity contribution in [2.75, 3.05) is 31.2 Å². The first-order valence-corrected chi connectivity index (χ1v) is 22.2. The Morgan fingerprint density at radius 2 is 1.59 bits per heavy atom. The number of halogens is 2. The number of rotatable bonds is 27. The van der Waals surface area contributed by atoms with Crippen molar-refractivity contribution >= 4 is 36.0 Å². The number of carbonyl (C=O) groups is 1. The highest BCUT2D eigenvalue weighted by Crippen LogP contribution is 2.44. The molecule has 0 spiro atoms. The van der Waals surface area contributed by atoms with Crippen LogP contribution in [-0.4, -0.2) is 58.7 Å². The number of aromatic nitrogens is 2. The van der Waals surface area contributed by atoms with Crippen LogP contribution in [-0.2, 0) is 14.1 Å². The zero-order valence-corrected chi connectivity index (χ0v) is 33.9. The van der Waals surface area contributed by atoms with Crippen molar-refractivity contribution in [3.8, 4) is 5.75 Å². The molecule has 3 rings (SSSR count). The zero-order valence-electron chi connectivity index (χ0n) is 31.3. The van der Waals surface area contributed by atoms with Gasteiger partial charge in [0.1, 0.15) is 5.75 Å². The first-order chi connectivity index (χ1) is 26.3. The van der Waals surface area contributed by atoms with Gasteiger partial charge in [-0.3, -0.25) is 9.36 Å². The predicted octanol–water partition coefficient (Wildman–Crippen LogP) is 9.81. The van der Waals surface area contributed by atoms with Crippen molar-refractivity contribution in [1.82, 2.24) is 20.0 Å². The molecule has 3 unspecified atom stereocenters. The van der Waals surface area contributed by atoms with E-state index in [0.717, 1.165) is 61.0 Å². The van der Waals surface area contributed by atoms with Gasteiger partial charge >= 0.3 is 14.2 Å². The third kappa shape index (κ3) is 19.5. The number of hydrogen-bond donors (Lipinski definition) is 2. The quantitative estimate of drug-likeness (QED) is 0.0396. The average molecular weight is 805 g/mol. The van der Waals surface area contributed by atoms with Crippen LogP contribution in [0.3, 0.4) is 0 Å². The molecule has 0 saturated carbocycles. The number of nitrogens with zero attached hydrogens (tertiary/aromatic N) is 2. The molecule has 2 aromatic rings. The minimum absolute atomic E-state index is 0.0633. The molecule has 1 aromatic heterocycles. The van der Waals surface area contributed by atoms with Gasteiger partial charge < -0.3 is 19.1 Å². The molecule has 1 saturated heterocycles. The van der Waals surface area contributed by atoms with Gasteiger partial charge in [-0.1, -0.05) is 107 Å². The molecule has 1 amide bonds. The Kier molecular flexibility index (Phi) is 23.1. The minimum atomic E-state index is -3.27. The zero-order chi connectivity index (χ0) is 38.7. The van der Waals surface area contributed by atoms with E-state index in [1.807, 2.05) is 18.2 Å². The highest BCUT2D eigenvalue weighted by Gasteiger charge is 2.52. The lowest BCUT2D eigenvalue weighted by Crippen LogP contribution is -2.35. The van der Waals surface area contributed by atoms with Crippen molar-refractivity contribution in [2.24, 2.45) is 0 Å². The van der Waals surface area contributed by atoms with Gasteiger partial charge in [0.25, 0.3) is 5.92 Å². The van der Waals surface area contributed by atoms with Gasteiger partial charge in [-0.05, 0) is 70.1 Å². The molecule has 14 heteroatoms. The second-order valence-corrected chi connectivity index (χ2v) is 16.3. The monoisotopic (exact) mass is 804 g/mol. The molecule has 0 bridgehead atoms. The van der Waals surface area contributed by atoms with Gasteiger partial charge in [0.05, 0.1) is 12.7 Å². The van der Waals surface area contributed by atoms with E-state index >= 15 is 0 Å². The smallest absolute Gasteiger partial charge is 0.350 e. The first-order valence-electron chi connectivity index (χ1n) is 18.5. The predicted molar refractivity (Wildman–Crippen MR) is 221 cm³/mol. The van der Waals surface area contributed by atoms with Crippen LogP contribution >= 0.6 is 30.1 Å². The molecule has 2 heterocycles. The van der Waals surface area contributed by atoms with E-state index in [9.17, 15) is 18.4 Å². The van der Waals surface area contributed by atoms with Crippen LogP contribution in [0.25, 0.3) is 0 Å². The van der Waals surface area contributed by atoms with Crippen molar-refractivity contribution < 1.29 is 27.4 Å². The van der Waals surface area contributed by atoms with E-state index in [2.05, 4.69) is 83.1 Å². The molecular formula is C40H55F2N4O5PS2. The van der Waals surface area contributed by atoms with E-state index in [-0.39, 0.29) is 12.5 Å². The number of nitrogens with one attached hydrogen (secondary N) is 2. The van der Waals surface area contributed by atoms with E-state index in [4.69, 9.17) is 13.8 Å². The summed E-state index contributed by atoms with van der Waals surface area (Å²) in [5.74, 6) is -1.12. The summed E-state index contributed by atoms with van der Waals surface area (Å²) in [7, 11) is 1.65. The Morgan fingerprint density at radius 1 is 0.963 bits per heavy atom. The van der Waals surface area contributed by atoms with Crippen molar-refractivity contribution in [1.29, 1.82) is 0 Å². The number of hydrogen-bond acceptors (Lipinski definition) is 9. The largest absolute Gasteiger partial charge is 0.436 e. The summed E-state index contributed by atoms with van der Waals surface area (Å²) in [5, 5.41) is 6.22. The fourth-order valence-electron chi connectivity index (χ4n) is 4.98. The number of allylic oxidation sites excluding steroid dienone is 10. The van der Waals surface area contributed by atoms with Crippen molar-refractivity contribution in [2.45, 2.75) is 89.9 Å². The van der Waals surface area contributed by atoms with E-state index in [0.29, 0.717) is 31.0 Å². The van der Waals surface area contributed by atoms with Crippen LogP contribution in [0, 0.1) is 6.92 Å². The number of aryl methyl sites for hydroxylation is 1. The molecule has 1 aliphatic heterocycles. The van der Waals surface area contributed by atoms with Crippen LogP contribution in [0.4, 0.5) is 8.78 Å². The normalized spacial score (nSPS) is 17.9. The molecular weight excluding hydrogens is 750 g/mol. The standard InChI is InChI=1S/C40H55F2N4O5PS2/c1-3-4-5-6-7-8-9-10-11-12-13-14-15-16-17-18-22-25-37(47)43-27-30-53-54-31-28-44-52(51-35-23-20-19-21-24-35)49-33-36-32-40(41,42)38(50-36)46-29-26-34(2)45-39(46)48/h4-5,7-8,10-11,13-14,16-17,19-21,23-24,26,29,36,38,44H,3,6,9,12,15,18,22,25,27-28,30-33H2,1-2H3,(H,43,47)/b5-4-,8-7-,11-10-,14-13-,17-16-. The van der Waals surface area contributed by atoms with E-state index < -0.39 is 38.9 Å². The topological polar surface area (TPSA) is 104 Å². The summed E-state index contributed by atoms with van der Waals surface area (Å²) >= 11 is 0. The van der Waals surface area contributed by atoms with Gasteiger partial charge in [0.2, 0.25) is 12.1 Å². The van der Waals surface area contributed by atoms with Crippen molar-refractivity contribution in [3.63, 3.8) is 0 Å². The molecule has 2 N–H and O–H groups in total. The fourth-order valence-corrected chi connectivity index (χ4v) is 8.06. The number of unbranched alkanes of at least 4 members (excludes halogenated alkanes) is 1. The maximum Gasteiger partial charge on any atom is 0.350 e. The summed E-state index contributed by atoms with van der Waals surface area (Å²) in [6.45, 7) is 4.76. The van der Waals surface area contributed by atoms with Gasteiger partial charge in [-0.2, -0.15) is 4.98 Å². The highest BCUT2D eigenvalue weighted by atomic mass is 33.1.